The Kier molecular flexibility index (Phi) is 1.71. The maximum atomic E-state index is 10.9. The molecule has 0 bridgehead atoms. The Labute approximate surface area is 90.5 Å². The molecule has 2 aromatic heterocycles. The third kappa shape index (κ3) is 1.16. The summed E-state index contributed by atoms with van der Waals surface area (Å²) < 4.78 is 0. The van der Waals surface area contributed by atoms with Crippen molar-refractivity contribution < 1.29 is 9.90 Å². The molecule has 0 aliphatic rings. The van der Waals surface area contributed by atoms with Gasteiger partial charge in [0.1, 0.15) is 5.65 Å². The Balaban J connectivity index is 2.44. The highest BCUT2D eigenvalue weighted by Crippen LogP contribution is 2.24. The highest BCUT2D eigenvalue weighted by molar-refractivity contribution is 6.07. The van der Waals surface area contributed by atoms with Gasteiger partial charge in [-0.1, -0.05) is 18.2 Å². The second kappa shape index (κ2) is 3.06. The zero-order valence-electron chi connectivity index (χ0n) is 8.27. The standard InChI is InChI=1S/C12H8N2O2/c15-12(16)7-5-9-8-3-1-2-4-10(8)14-11(9)13-6-7/h1-6H,(H,13,14)(H,15,16). The van der Waals surface area contributed by atoms with E-state index in [1.807, 2.05) is 24.3 Å². The van der Waals surface area contributed by atoms with E-state index in [-0.39, 0.29) is 5.56 Å². The van der Waals surface area contributed by atoms with Crippen molar-refractivity contribution in [3.05, 3.63) is 42.1 Å². The Morgan fingerprint density at radius 2 is 2.06 bits per heavy atom. The molecule has 16 heavy (non-hydrogen) atoms. The fraction of sp³-hybridized carbons (Fsp3) is 0. The van der Waals surface area contributed by atoms with Gasteiger partial charge in [0, 0.05) is 22.5 Å². The van der Waals surface area contributed by atoms with E-state index in [1.54, 1.807) is 6.07 Å². The first kappa shape index (κ1) is 8.91. The van der Waals surface area contributed by atoms with Crippen LogP contribution in [0.2, 0.25) is 0 Å². The van der Waals surface area contributed by atoms with Crippen molar-refractivity contribution in [3.63, 3.8) is 0 Å². The second-order valence-electron chi connectivity index (χ2n) is 3.60. The fourth-order valence-electron chi connectivity index (χ4n) is 1.84. The van der Waals surface area contributed by atoms with E-state index >= 15 is 0 Å². The molecule has 0 aliphatic carbocycles. The van der Waals surface area contributed by atoms with Gasteiger partial charge in [0.05, 0.1) is 5.56 Å². The summed E-state index contributed by atoms with van der Waals surface area (Å²) in [5.41, 5.74) is 1.89. The van der Waals surface area contributed by atoms with Crippen molar-refractivity contribution in [1.82, 2.24) is 9.97 Å². The van der Waals surface area contributed by atoms with Crippen LogP contribution < -0.4 is 0 Å². The van der Waals surface area contributed by atoms with Gasteiger partial charge in [-0.15, -0.1) is 0 Å². The van der Waals surface area contributed by atoms with Crippen LogP contribution in [0.5, 0.6) is 0 Å². The van der Waals surface area contributed by atoms with Crippen molar-refractivity contribution in [2.75, 3.05) is 0 Å². The zero-order chi connectivity index (χ0) is 11.1. The number of benzene rings is 1. The van der Waals surface area contributed by atoms with Gasteiger partial charge in [0.15, 0.2) is 0 Å². The van der Waals surface area contributed by atoms with Crippen molar-refractivity contribution in [2.24, 2.45) is 0 Å². The van der Waals surface area contributed by atoms with Gasteiger partial charge in [-0.3, -0.25) is 0 Å². The van der Waals surface area contributed by atoms with Crippen LogP contribution >= 0.6 is 0 Å². The highest BCUT2D eigenvalue weighted by atomic mass is 16.4. The molecule has 0 atom stereocenters. The summed E-state index contributed by atoms with van der Waals surface area (Å²) in [5.74, 6) is -0.959. The average molecular weight is 212 g/mol. The zero-order valence-corrected chi connectivity index (χ0v) is 8.27. The van der Waals surface area contributed by atoms with E-state index in [0.29, 0.717) is 5.65 Å². The minimum atomic E-state index is -0.959. The van der Waals surface area contributed by atoms with Crippen LogP contribution in [0.15, 0.2) is 36.5 Å². The van der Waals surface area contributed by atoms with Gasteiger partial charge in [-0.2, -0.15) is 0 Å². The number of carboxylic acid groups (broad SMARTS) is 1. The minimum Gasteiger partial charge on any atom is -0.478 e. The van der Waals surface area contributed by atoms with Crippen LogP contribution in [-0.2, 0) is 0 Å². The number of carbonyl (C=O) groups is 1. The Hall–Kier alpha value is -2.36. The molecular weight excluding hydrogens is 204 g/mol. The van der Waals surface area contributed by atoms with E-state index in [4.69, 9.17) is 5.11 Å². The van der Waals surface area contributed by atoms with Crippen LogP contribution in [0.3, 0.4) is 0 Å². The predicted molar refractivity (Wildman–Crippen MR) is 60.6 cm³/mol. The lowest BCUT2D eigenvalue weighted by atomic mass is 10.1. The summed E-state index contributed by atoms with van der Waals surface area (Å²) in [7, 11) is 0. The van der Waals surface area contributed by atoms with Crippen molar-refractivity contribution in [1.29, 1.82) is 0 Å². The first-order valence-electron chi connectivity index (χ1n) is 4.85. The predicted octanol–water partition coefficient (Wildman–Crippen LogP) is 2.41. The topological polar surface area (TPSA) is 66.0 Å². The average Bonchev–Trinajstić information content (AvgIpc) is 2.66. The number of aromatic amines is 1. The number of aromatic nitrogens is 2. The molecule has 2 heterocycles. The minimum absolute atomic E-state index is 0.206. The molecule has 2 N–H and O–H groups in total. The Morgan fingerprint density at radius 1 is 1.25 bits per heavy atom. The monoisotopic (exact) mass is 212 g/mol. The van der Waals surface area contributed by atoms with E-state index < -0.39 is 5.97 Å². The summed E-state index contributed by atoms with van der Waals surface area (Å²) in [5, 5.41) is 10.7. The van der Waals surface area contributed by atoms with Crippen LogP contribution in [-0.4, -0.2) is 21.0 Å². The van der Waals surface area contributed by atoms with E-state index in [2.05, 4.69) is 9.97 Å². The summed E-state index contributed by atoms with van der Waals surface area (Å²) in [4.78, 5) is 18.1. The quantitative estimate of drug-likeness (QED) is 0.651. The van der Waals surface area contributed by atoms with Crippen molar-refractivity contribution >= 4 is 27.9 Å². The van der Waals surface area contributed by atoms with Gasteiger partial charge in [0.2, 0.25) is 0 Å². The normalized spacial score (nSPS) is 11.0. The number of nitrogens with one attached hydrogen (secondary N) is 1. The number of hydrogen-bond donors (Lipinski definition) is 2. The summed E-state index contributed by atoms with van der Waals surface area (Å²) >= 11 is 0. The van der Waals surface area contributed by atoms with E-state index in [9.17, 15) is 4.79 Å². The van der Waals surface area contributed by atoms with Crippen molar-refractivity contribution in [2.45, 2.75) is 0 Å². The van der Waals surface area contributed by atoms with Gasteiger partial charge in [-0.05, 0) is 12.1 Å². The molecule has 0 radical (unpaired) electrons. The van der Waals surface area contributed by atoms with Gasteiger partial charge in [0.25, 0.3) is 0 Å². The second-order valence-corrected chi connectivity index (χ2v) is 3.60. The number of hydrogen-bond acceptors (Lipinski definition) is 2. The smallest absolute Gasteiger partial charge is 0.337 e. The highest BCUT2D eigenvalue weighted by Gasteiger charge is 2.08. The molecule has 0 aliphatic heterocycles. The lowest BCUT2D eigenvalue weighted by Gasteiger charge is -1.93. The molecule has 0 saturated carbocycles. The maximum absolute atomic E-state index is 10.9. The Bertz CT molecular complexity index is 700. The molecular formula is C12H8N2O2. The molecule has 78 valence electrons. The lowest BCUT2D eigenvalue weighted by Crippen LogP contribution is -1.96. The number of carboxylic acids is 1. The Morgan fingerprint density at radius 3 is 2.88 bits per heavy atom. The molecule has 3 aromatic rings. The number of aromatic carboxylic acids is 1. The number of fused-ring (bicyclic) bond motifs is 3. The first-order valence-corrected chi connectivity index (χ1v) is 4.85. The number of nitrogens with zero attached hydrogens (tertiary/aromatic N) is 1. The fourth-order valence-corrected chi connectivity index (χ4v) is 1.84. The molecule has 4 nitrogen and oxygen atoms in total. The SMILES string of the molecule is O=C(O)c1cnc2[nH]c3ccccc3c2c1. The van der Waals surface area contributed by atoms with Crippen LogP contribution in [0.25, 0.3) is 21.9 Å². The number of para-hydroxylation sites is 1. The molecule has 1 aromatic carbocycles. The molecule has 4 heteroatoms. The van der Waals surface area contributed by atoms with Gasteiger partial charge >= 0.3 is 5.97 Å². The summed E-state index contributed by atoms with van der Waals surface area (Å²) in [6.07, 6.45) is 1.36. The third-order valence-corrected chi connectivity index (χ3v) is 2.60. The molecule has 0 saturated heterocycles. The van der Waals surface area contributed by atoms with Crippen molar-refractivity contribution in [3.8, 4) is 0 Å². The van der Waals surface area contributed by atoms with Crippen LogP contribution in [0.4, 0.5) is 0 Å². The van der Waals surface area contributed by atoms with Gasteiger partial charge in [-0.25, -0.2) is 9.78 Å². The number of pyridine rings is 1. The first-order chi connectivity index (χ1) is 7.75. The number of rotatable bonds is 1. The molecule has 3 rings (SSSR count). The maximum Gasteiger partial charge on any atom is 0.337 e. The molecule has 0 unspecified atom stereocenters. The number of H-pyrrole nitrogens is 1. The van der Waals surface area contributed by atoms with E-state index in [1.165, 1.54) is 6.20 Å². The molecule has 0 fully saturated rings. The summed E-state index contributed by atoms with van der Waals surface area (Å²) in [6.45, 7) is 0. The summed E-state index contributed by atoms with van der Waals surface area (Å²) in [6, 6.07) is 9.38. The van der Waals surface area contributed by atoms with Crippen LogP contribution in [0.1, 0.15) is 10.4 Å². The third-order valence-electron chi connectivity index (χ3n) is 2.60. The lowest BCUT2D eigenvalue weighted by molar-refractivity contribution is 0.0696. The van der Waals surface area contributed by atoms with Gasteiger partial charge < -0.3 is 10.1 Å². The molecule has 0 amide bonds. The van der Waals surface area contributed by atoms with E-state index in [0.717, 1.165) is 16.3 Å². The largest absolute Gasteiger partial charge is 0.478 e. The molecule has 0 spiro atoms. The van der Waals surface area contributed by atoms with Crippen LogP contribution in [0, 0.1) is 0 Å².